The summed E-state index contributed by atoms with van der Waals surface area (Å²) in [5.41, 5.74) is 8.17. The van der Waals surface area contributed by atoms with Crippen molar-refractivity contribution in [3.63, 3.8) is 0 Å². The third-order valence-corrected chi connectivity index (χ3v) is 4.67. The van der Waals surface area contributed by atoms with Crippen LogP contribution in [0, 0.1) is 5.82 Å². The van der Waals surface area contributed by atoms with Gasteiger partial charge >= 0.3 is 0 Å². The highest BCUT2D eigenvalue weighted by atomic mass is 19.1. The molecular weight excluding hydrogens is 373 g/mol. The number of ether oxygens (including phenoxy) is 1. The fraction of sp³-hybridized carbons (Fsp3) is 0.190. The molecule has 0 saturated carbocycles. The SMILES string of the molecule is Nc1ccncc1-c1cc(F)cc(C(=O)Nc2ccc(N3CCOCC3)nc2)c1. The maximum atomic E-state index is 14.1. The van der Waals surface area contributed by atoms with E-state index in [4.69, 9.17) is 10.5 Å². The second-order valence-electron chi connectivity index (χ2n) is 6.65. The molecule has 148 valence electrons. The normalized spacial score (nSPS) is 13.9. The number of nitrogens with zero attached hydrogens (tertiary/aromatic N) is 3. The van der Waals surface area contributed by atoms with Gasteiger partial charge in [0.15, 0.2) is 0 Å². The van der Waals surface area contributed by atoms with Crippen LogP contribution < -0.4 is 16.0 Å². The molecule has 0 radical (unpaired) electrons. The minimum atomic E-state index is -0.531. The van der Waals surface area contributed by atoms with E-state index in [9.17, 15) is 9.18 Å². The summed E-state index contributed by atoms with van der Waals surface area (Å²) in [6.45, 7) is 2.90. The smallest absolute Gasteiger partial charge is 0.255 e. The summed E-state index contributed by atoms with van der Waals surface area (Å²) in [5, 5.41) is 2.75. The van der Waals surface area contributed by atoms with E-state index in [0.29, 0.717) is 35.7 Å². The van der Waals surface area contributed by atoms with Crippen LogP contribution in [-0.4, -0.2) is 42.2 Å². The first-order chi connectivity index (χ1) is 14.1. The van der Waals surface area contributed by atoms with Gasteiger partial charge in [-0.15, -0.1) is 0 Å². The van der Waals surface area contributed by atoms with Gasteiger partial charge in [0.1, 0.15) is 11.6 Å². The Balaban J connectivity index is 1.52. The number of hydrogen-bond acceptors (Lipinski definition) is 6. The topological polar surface area (TPSA) is 93.4 Å². The Morgan fingerprint density at radius 2 is 1.97 bits per heavy atom. The first-order valence-electron chi connectivity index (χ1n) is 9.21. The number of carbonyl (C=O) groups excluding carboxylic acids is 1. The molecule has 29 heavy (non-hydrogen) atoms. The summed E-state index contributed by atoms with van der Waals surface area (Å²) in [7, 11) is 0. The molecule has 0 atom stereocenters. The first kappa shape index (κ1) is 18.8. The molecule has 0 spiro atoms. The number of halogens is 1. The van der Waals surface area contributed by atoms with Crippen LogP contribution >= 0.6 is 0 Å². The van der Waals surface area contributed by atoms with Crippen molar-refractivity contribution < 1.29 is 13.9 Å². The standard InChI is InChI=1S/C21H20FN5O2/c22-16-10-14(18-13-24-4-3-19(18)23)9-15(11-16)21(28)26-17-1-2-20(25-12-17)27-5-7-29-8-6-27/h1-4,9-13H,5-8H2,(H2,23,24)(H,26,28). The van der Waals surface area contributed by atoms with Crippen molar-refractivity contribution in [3.05, 3.63) is 66.4 Å². The Morgan fingerprint density at radius 1 is 1.14 bits per heavy atom. The minimum absolute atomic E-state index is 0.181. The van der Waals surface area contributed by atoms with Gasteiger partial charge in [0.05, 0.1) is 25.1 Å². The van der Waals surface area contributed by atoms with Crippen molar-refractivity contribution in [3.8, 4) is 11.1 Å². The highest BCUT2D eigenvalue weighted by molar-refractivity contribution is 6.05. The third kappa shape index (κ3) is 4.33. The average Bonchev–Trinajstić information content (AvgIpc) is 2.75. The second-order valence-corrected chi connectivity index (χ2v) is 6.65. The number of rotatable bonds is 4. The van der Waals surface area contributed by atoms with Gasteiger partial charge in [-0.25, -0.2) is 9.37 Å². The number of pyridine rings is 2. The quantitative estimate of drug-likeness (QED) is 0.708. The van der Waals surface area contributed by atoms with Crippen molar-refractivity contribution in [1.29, 1.82) is 0 Å². The summed E-state index contributed by atoms with van der Waals surface area (Å²) in [4.78, 5) is 23.2. The zero-order valence-electron chi connectivity index (χ0n) is 15.6. The summed E-state index contributed by atoms with van der Waals surface area (Å²) >= 11 is 0. The van der Waals surface area contributed by atoms with Gasteiger partial charge in [0, 0.05) is 42.3 Å². The number of morpholine rings is 1. The van der Waals surface area contributed by atoms with Crippen LogP contribution in [0.15, 0.2) is 55.0 Å². The van der Waals surface area contributed by atoms with E-state index >= 15 is 0 Å². The molecule has 2 aromatic heterocycles. The zero-order valence-corrected chi connectivity index (χ0v) is 15.6. The molecule has 1 amide bonds. The Labute approximate surface area is 167 Å². The molecule has 1 aliphatic heterocycles. The zero-order chi connectivity index (χ0) is 20.2. The highest BCUT2D eigenvalue weighted by Crippen LogP contribution is 2.27. The van der Waals surface area contributed by atoms with E-state index in [0.717, 1.165) is 18.9 Å². The van der Waals surface area contributed by atoms with Crippen LogP contribution in [0.3, 0.4) is 0 Å². The van der Waals surface area contributed by atoms with E-state index in [1.54, 1.807) is 36.8 Å². The largest absolute Gasteiger partial charge is 0.398 e. The molecular formula is C21H20FN5O2. The van der Waals surface area contributed by atoms with Gasteiger partial charge in [0.2, 0.25) is 0 Å². The van der Waals surface area contributed by atoms with Gasteiger partial charge in [-0.05, 0) is 42.0 Å². The lowest BCUT2D eigenvalue weighted by molar-refractivity contribution is 0.102. The molecule has 3 heterocycles. The number of nitrogens with two attached hydrogens (primary N) is 1. The van der Waals surface area contributed by atoms with Crippen molar-refractivity contribution in [2.45, 2.75) is 0 Å². The molecule has 1 aliphatic rings. The molecule has 0 bridgehead atoms. The fourth-order valence-corrected chi connectivity index (χ4v) is 3.17. The molecule has 7 nitrogen and oxygen atoms in total. The van der Waals surface area contributed by atoms with E-state index < -0.39 is 11.7 Å². The predicted octanol–water partition coefficient (Wildman–Crippen LogP) is 2.95. The lowest BCUT2D eigenvalue weighted by Crippen LogP contribution is -2.36. The Morgan fingerprint density at radius 3 is 2.69 bits per heavy atom. The fourth-order valence-electron chi connectivity index (χ4n) is 3.17. The molecule has 3 aromatic rings. The van der Waals surface area contributed by atoms with Gasteiger partial charge in [-0.2, -0.15) is 0 Å². The number of benzene rings is 1. The van der Waals surface area contributed by atoms with Crippen molar-refractivity contribution in [2.75, 3.05) is 42.3 Å². The molecule has 0 aliphatic carbocycles. The van der Waals surface area contributed by atoms with Gasteiger partial charge in [-0.1, -0.05) is 0 Å². The molecule has 8 heteroatoms. The minimum Gasteiger partial charge on any atom is -0.398 e. The van der Waals surface area contributed by atoms with Crippen LogP contribution in [-0.2, 0) is 4.74 Å². The Kier molecular flexibility index (Phi) is 5.35. The Bertz CT molecular complexity index is 1020. The molecule has 3 N–H and O–H groups in total. The maximum absolute atomic E-state index is 14.1. The van der Waals surface area contributed by atoms with E-state index in [-0.39, 0.29) is 5.56 Å². The van der Waals surface area contributed by atoms with Crippen LogP contribution in [0.1, 0.15) is 10.4 Å². The van der Waals surface area contributed by atoms with Gasteiger partial charge in [0.25, 0.3) is 5.91 Å². The van der Waals surface area contributed by atoms with Crippen molar-refractivity contribution in [2.24, 2.45) is 0 Å². The van der Waals surface area contributed by atoms with Gasteiger partial charge < -0.3 is 20.7 Å². The summed E-state index contributed by atoms with van der Waals surface area (Å²) in [6.07, 6.45) is 4.68. The van der Waals surface area contributed by atoms with Crippen LogP contribution in [0.2, 0.25) is 0 Å². The monoisotopic (exact) mass is 393 g/mol. The van der Waals surface area contributed by atoms with E-state index in [2.05, 4.69) is 20.2 Å². The lowest BCUT2D eigenvalue weighted by Gasteiger charge is -2.27. The molecule has 1 fully saturated rings. The predicted molar refractivity (Wildman–Crippen MR) is 109 cm³/mol. The van der Waals surface area contributed by atoms with Crippen LogP contribution in [0.25, 0.3) is 11.1 Å². The number of nitrogens with one attached hydrogen (secondary N) is 1. The number of aromatic nitrogens is 2. The van der Waals surface area contributed by atoms with E-state index in [1.807, 2.05) is 6.07 Å². The number of carbonyl (C=O) groups is 1. The summed E-state index contributed by atoms with van der Waals surface area (Å²) < 4.78 is 19.5. The number of hydrogen-bond donors (Lipinski definition) is 2. The van der Waals surface area contributed by atoms with Crippen molar-refractivity contribution in [1.82, 2.24) is 9.97 Å². The first-order valence-corrected chi connectivity index (χ1v) is 9.21. The van der Waals surface area contributed by atoms with Crippen LogP contribution in [0.5, 0.6) is 0 Å². The number of nitrogen functional groups attached to an aromatic ring is 1. The Hall–Kier alpha value is -3.52. The summed E-state index contributed by atoms with van der Waals surface area (Å²) in [5.74, 6) is -0.141. The second kappa shape index (κ2) is 8.24. The van der Waals surface area contributed by atoms with Gasteiger partial charge in [-0.3, -0.25) is 9.78 Å². The van der Waals surface area contributed by atoms with E-state index in [1.165, 1.54) is 12.1 Å². The lowest BCUT2D eigenvalue weighted by atomic mass is 10.0. The van der Waals surface area contributed by atoms with Crippen molar-refractivity contribution >= 4 is 23.1 Å². The maximum Gasteiger partial charge on any atom is 0.255 e. The molecule has 1 aromatic carbocycles. The highest BCUT2D eigenvalue weighted by Gasteiger charge is 2.14. The average molecular weight is 393 g/mol. The van der Waals surface area contributed by atoms with Crippen LogP contribution in [0.4, 0.5) is 21.6 Å². The number of anilines is 3. The third-order valence-electron chi connectivity index (χ3n) is 4.67. The molecule has 1 saturated heterocycles. The summed E-state index contributed by atoms with van der Waals surface area (Å²) in [6, 6.07) is 9.33. The number of amides is 1. The molecule has 0 unspecified atom stereocenters. The molecule has 4 rings (SSSR count).